The lowest BCUT2D eigenvalue weighted by atomic mass is 9.85. The van der Waals surface area contributed by atoms with Crippen LogP contribution in [-0.4, -0.2) is 134 Å². The van der Waals surface area contributed by atoms with Gasteiger partial charge in [-0.15, -0.1) is 16.4 Å². The van der Waals surface area contributed by atoms with E-state index in [4.69, 9.17) is 10.1 Å². The van der Waals surface area contributed by atoms with Gasteiger partial charge in [0.1, 0.15) is 35.2 Å². The largest absolute Gasteiger partial charge is 0.391 e. The van der Waals surface area contributed by atoms with Crippen LogP contribution in [0.15, 0.2) is 90.6 Å². The summed E-state index contributed by atoms with van der Waals surface area (Å²) in [4.78, 5) is 76.9. The SMILES string of the molecule is Cc1ncsc1-c1ccc(CNC(=O)[C@@H]2C[C@@H](O)CN2C(=O)[C@@H](NC(=O)CCNC(=O)CN2CCN(c3cccc(-c4cnc5ccc(N6CCC[C@@H]6c6cccc(F)c6)nn45)n3)CC2)C(C)(C)C)cc1. The molecule has 3 aliphatic heterocycles. The van der Waals surface area contributed by atoms with Crippen molar-refractivity contribution in [2.24, 2.45) is 5.41 Å². The van der Waals surface area contributed by atoms with E-state index < -0.39 is 35.4 Å². The summed E-state index contributed by atoms with van der Waals surface area (Å²) < 4.78 is 16.0. The number of benzene rings is 2. The molecule has 7 heterocycles. The smallest absolute Gasteiger partial charge is 0.246 e. The molecule has 0 spiro atoms. The van der Waals surface area contributed by atoms with E-state index in [1.54, 1.807) is 29.7 Å². The van der Waals surface area contributed by atoms with Crippen molar-refractivity contribution < 1.29 is 28.7 Å². The number of β-amino-alcohol motifs (C(OH)–C–C–N with tert-alkyl or cyclic N) is 1. The van der Waals surface area contributed by atoms with E-state index in [-0.39, 0.29) is 62.7 Å². The molecular weight excluding hydrogens is 924 g/mol. The highest BCUT2D eigenvalue weighted by atomic mass is 32.1. The molecule has 372 valence electrons. The minimum Gasteiger partial charge on any atom is -0.391 e. The molecule has 3 aliphatic rings. The molecule has 4 aromatic heterocycles. The number of thiazole rings is 1. The summed E-state index contributed by atoms with van der Waals surface area (Å²) in [6.45, 7) is 11.3. The van der Waals surface area contributed by atoms with Crippen LogP contribution in [-0.2, 0) is 25.7 Å². The first-order valence-corrected chi connectivity index (χ1v) is 25.2. The van der Waals surface area contributed by atoms with Crippen LogP contribution in [0.25, 0.3) is 27.5 Å². The van der Waals surface area contributed by atoms with Crippen LogP contribution in [0.3, 0.4) is 0 Å². The number of nitrogens with zero attached hydrogens (tertiary/aromatic N) is 9. The molecule has 71 heavy (non-hydrogen) atoms. The molecule has 4 amide bonds. The number of amides is 4. The molecule has 0 bridgehead atoms. The number of fused-ring (bicyclic) bond motifs is 1. The molecule has 17 nitrogen and oxygen atoms in total. The molecule has 3 saturated heterocycles. The van der Waals surface area contributed by atoms with Gasteiger partial charge in [0.15, 0.2) is 5.65 Å². The zero-order valence-corrected chi connectivity index (χ0v) is 41.4. The molecular formula is C52H61FN12O5S. The van der Waals surface area contributed by atoms with E-state index in [1.165, 1.54) is 11.0 Å². The van der Waals surface area contributed by atoms with Gasteiger partial charge in [-0.2, -0.15) is 0 Å². The second kappa shape index (κ2) is 21.3. The van der Waals surface area contributed by atoms with Crippen molar-refractivity contribution in [3.63, 3.8) is 0 Å². The Morgan fingerprint density at radius 2 is 1.69 bits per heavy atom. The fourth-order valence-corrected chi connectivity index (χ4v) is 10.6. The Morgan fingerprint density at radius 3 is 2.44 bits per heavy atom. The summed E-state index contributed by atoms with van der Waals surface area (Å²) in [5, 5.41) is 24.3. The number of carbonyl (C=O) groups is 4. The predicted molar refractivity (Wildman–Crippen MR) is 270 cm³/mol. The Balaban J connectivity index is 0.734. The maximum atomic E-state index is 14.2. The van der Waals surface area contributed by atoms with Gasteiger partial charge in [0.05, 0.1) is 46.7 Å². The van der Waals surface area contributed by atoms with Crippen molar-refractivity contribution in [2.45, 2.75) is 84.2 Å². The fourth-order valence-electron chi connectivity index (χ4n) is 9.76. The van der Waals surface area contributed by atoms with Crippen molar-refractivity contribution in [2.75, 3.05) is 62.2 Å². The summed E-state index contributed by atoms with van der Waals surface area (Å²) >= 11 is 1.57. The van der Waals surface area contributed by atoms with Gasteiger partial charge in [0.25, 0.3) is 0 Å². The third kappa shape index (κ3) is 11.4. The molecule has 4 N–H and O–H groups in total. The highest BCUT2D eigenvalue weighted by molar-refractivity contribution is 7.13. The van der Waals surface area contributed by atoms with E-state index >= 15 is 0 Å². The van der Waals surface area contributed by atoms with E-state index in [9.17, 15) is 28.7 Å². The van der Waals surface area contributed by atoms with Crippen LogP contribution in [0.2, 0.25) is 0 Å². The lowest BCUT2D eigenvalue weighted by molar-refractivity contribution is -0.144. The number of piperazine rings is 1. The predicted octanol–water partition coefficient (Wildman–Crippen LogP) is 5.14. The lowest BCUT2D eigenvalue weighted by Gasteiger charge is -2.35. The number of aryl methyl sites for hydroxylation is 1. The van der Waals surface area contributed by atoms with E-state index in [0.29, 0.717) is 31.8 Å². The van der Waals surface area contributed by atoms with Gasteiger partial charge in [-0.25, -0.2) is 23.9 Å². The Labute approximate surface area is 416 Å². The number of rotatable bonds is 15. The summed E-state index contributed by atoms with van der Waals surface area (Å²) in [5.41, 5.74) is 7.09. The Hall–Kier alpha value is -6.83. The lowest BCUT2D eigenvalue weighted by Crippen LogP contribution is -2.58. The Bertz CT molecular complexity index is 2880. The molecule has 0 aliphatic carbocycles. The monoisotopic (exact) mass is 984 g/mol. The van der Waals surface area contributed by atoms with E-state index in [2.05, 4.69) is 40.6 Å². The molecule has 0 unspecified atom stereocenters. The van der Waals surface area contributed by atoms with Crippen LogP contribution in [0, 0.1) is 18.2 Å². The molecule has 4 atom stereocenters. The number of hydrogen-bond acceptors (Lipinski definition) is 13. The van der Waals surface area contributed by atoms with Crippen LogP contribution >= 0.6 is 11.3 Å². The fraction of sp³-hybridized carbons (Fsp3) is 0.423. The van der Waals surface area contributed by atoms with Gasteiger partial charge in [-0.3, -0.25) is 24.1 Å². The molecule has 2 aromatic carbocycles. The second-order valence-electron chi connectivity index (χ2n) is 19.7. The number of likely N-dealkylation sites (tertiary alicyclic amines) is 1. The molecule has 19 heteroatoms. The quantitative estimate of drug-likeness (QED) is 0.106. The van der Waals surface area contributed by atoms with Gasteiger partial charge >= 0.3 is 0 Å². The molecule has 6 aromatic rings. The molecule has 0 saturated carbocycles. The average molecular weight is 985 g/mol. The normalized spacial score (nSPS) is 19.0. The summed E-state index contributed by atoms with van der Waals surface area (Å²) in [7, 11) is 0. The number of anilines is 2. The second-order valence-corrected chi connectivity index (χ2v) is 20.6. The van der Waals surface area contributed by atoms with Gasteiger partial charge in [-0.1, -0.05) is 63.2 Å². The average Bonchev–Trinajstić information content (AvgIpc) is 4.19. The summed E-state index contributed by atoms with van der Waals surface area (Å²) in [6, 6.07) is 22.6. The molecule has 0 radical (unpaired) electrons. The van der Waals surface area contributed by atoms with Crippen LogP contribution in [0.1, 0.15) is 69.3 Å². The number of halogens is 1. The number of aliphatic hydroxyl groups is 1. The van der Waals surface area contributed by atoms with Crippen molar-refractivity contribution in [1.82, 2.24) is 50.3 Å². The zero-order valence-electron chi connectivity index (χ0n) is 40.6. The number of carbonyl (C=O) groups excluding carboxylic acids is 4. The first kappa shape index (κ1) is 49.2. The van der Waals surface area contributed by atoms with Crippen LogP contribution in [0.5, 0.6) is 0 Å². The van der Waals surface area contributed by atoms with Crippen LogP contribution in [0.4, 0.5) is 16.0 Å². The van der Waals surface area contributed by atoms with Crippen molar-refractivity contribution >= 4 is 52.2 Å². The highest BCUT2D eigenvalue weighted by Gasteiger charge is 2.44. The van der Waals surface area contributed by atoms with E-state index in [0.717, 1.165) is 69.7 Å². The zero-order chi connectivity index (χ0) is 49.8. The summed E-state index contributed by atoms with van der Waals surface area (Å²) in [5.74, 6) is -0.107. The number of hydrogen-bond donors (Lipinski definition) is 4. The maximum absolute atomic E-state index is 14.2. The molecule has 3 fully saturated rings. The van der Waals surface area contributed by atoms with E-state index in [1.807, 2.05) is 98.4 Å². The Kier molecular flexibility index (Phi) is 14.7. The van der Waals surface area contributed by atoms with Gasteiger partial charge in [-0.05, 0) is 78.3 Å². The number of pyridine rings is 1. The maximum Gasteiger partial charge on any atom is 0.246 e. The van der Waals surface area contributed by atoms with Crippen molar-refractivity contribution in [3.8, 4) is 21.8 Å². The highest BCUT2D eigenvalue weighted by Crippen LogP contribution is 2.36. The number of aromatic nitrogens is 5. The number of nitrogens with one attached hydrogen (secondary N) is 3. The topological polar surface area (TPSA) is 194 Å². The third-order valence-corrected chi connectivity index (χ3v) is 14.6. The van der Waals surface area contributed by atoms with Crippen molar-refractivity contribution in [3.05, 3.63) is 113 Å². The minimum atomic E-state index is -0.980. The molecule has 9 rings (SSSR count). The number of aliphatic hydroxyl groups excluding tert-OH is 1. The first-order valence-electron chi connectivity index (χ1n) is 24.3. The third-order valence-electron chi connectivity index (χ3n) is 13.6. The standard InChI is InChI=1S/C52H61FN12O5S/c1-33-48(71-32-57-33)35-15-13-34(14-16-35)28-56-50(69)41-27-38(66)30-64(41)51(70)49(52(2,3)4)59-46(67)19-20-54-47(68)31-61-22-24-62(25-23-61)44-12-6-10-39(58-44)42-29-55-43-17-18-45(60-65(42)43)63-21-7-11-40(63)36-8-5-9-37(53)26-36/h5-6,8-10,12-18,26,29,32,38,40-41,49,66H,7,11,19-25,27-28,30-31H2,1-4H3,(H,54,68)(H,56,69)(H,59,67)/t38-,40-,41+,49-/m1/s1. The van der Waals surface area contributed by atoms with Crippen LogP contribution < -0.4 is 25.8 Å². The van der Waals surface area contributed by atoms with Crippen molar-refractivity contribution in [1.29, 1.82) is 0 Å². The minimum absolute atomic E-state index is 0.0292. The van der Waals surface area contributed by atoms with Gasteiger partial charge in [0, 0.05) is 65.2 Å². The Morgan fingerprint density at radius 1 is 0.901 bits per heavy atom. The first-order chi connectivity index (χ1) is 34.2. The summed E-state index contributed by atoms with van der Waals surface area (Å²) in [6.07, 6.45) is 2.82. The number of imidazole rings is 1. The van der Waals surface area contributed by atoms with Gasteiger partial charge < -0.3 is 35.8 Å². The van der Waals surface area contributed by atoms with Gasteiger partial charge in [0.2, 0.25) is 23.6 Å².